The Labute approximate surface area is 392 Å². The van der Waals surface area contributed by atoms with E-state index in [-0.39, 0.29) is 6.04 Å². The number of fused-ring (bicyclic) bond motifs is 4. The van der Waals surface area contributed by atoms with Crippen molar-refractivity contribution < 1.29 is 0 Å². The van der Waals surface area contributed by atoms with Crippen LogP contribution in [-0.4, -0.2) is 22.8 Å². The maximum atomic E-state index is 4.67. The first-order chi connectivity index (χ1) is 31.9. The average Bonchev–Trinajstić information content (AvgIpc) is 4.00. The first kappa shape index (κ1) is 50.9. The van der Waals surface area contributed by atoms with Crippen molar-refractivity contribution in [1.82, 2.24) is 15.0 Å². The number of hydrazine groups is 1. The van der Waals surface area contributed by atoms with E-state index < -0.39 is 0 Å². The Hall–Kier alpha value is -6.69. The molecule has 1 aliphatic heterocycles. The summed E-state index contributed by atoms with van der Waals surface area (Å²) >= 11 is 0. The minimum atomic E-state index is 0.0633. The number of nitrogens with zero attached hydrogens (tertiary/aromatic N) is 4. The van der Waals surface area contributed by atoms with E-state index >= 15 is 0 Å². The fourth-order valence-electron chi connectivity index (χ4n) is 7.96. The van der Waals surface area contributed by atoms with Crippen molar-refractivity contribution in [1.29, 1.82) is 0 Å². The zero-order valence-electron chi connectivity index (χ0n) is 41.1. The van der Waals surface area contributed by atoms with Crippen molar-refractivity contribution in [3.8, 4) is 5.69 Å². The highest BCUT2D eigenvalue weighted by Gasteiger charge is 2.26. The second kappa shape index (κ2) is 26.2. The Morgan fingerprint density at radius 2 is 1.42 bits per heavy atom. The molecule has 5 heteroatoms. The molecule has 2 aliphatic carbocycles. The number of para-hydroxylation sites is 2. The summed E-state index contributed by atoms with van der Waals surface area (Å²) in [6.45, 7) is 29.1. The second-order valence-electron chi connectivity index (χ2n) is 14.8. The molecule has 2 heterocycles. The molecule has 6 aromatic rings. The molecule has 0 radical (unpaired) electrons. The molecule has 5 nitrogen and oxygen atoms in total. The van der Waals surface area contributed by atoms with Crippen LogP contribution in [0.4, 0.5) is 11.4 Å². The van der Waals surface area contributed by atoms with Crippen LogP contribution < -0.4 is 10.3 Å². The molecule has 9 rings (SSSR count). The first-order valence-corrected chi connectivity index (χ1v) is 23.8. The Bertz CT molecular complexity index is 2600. The molecule has 0 fully saturated rings. The van der Waals surface area contributed by atoms with Crippen LogP contribution in [-0.2, 0) is 6.42 Å². The molecule has 0 saturated heterocycles. The number of benzene rings is 5. The Kier molecular flexibility index (Phi) is 20.5. The molecule has 0 bridgehead atoms. The molecule has 1 atom stereocenters. The standard InChI is InChI=1S/C46H41N5.C6H8.4C2H6/c1-32(48-49(4)34(3)35-16-7-5-8-17-35)36-18-13-21-39(30-36)51-44-24-12-11-22-41(44)46-40(23-14-25-45(46)51)37-26-27-43-42(31-37)33(2)47-28-15-29-50(43)38-19-9-6-10-20-38;1-6-4-2-3-5-6;4*1-2/h5-13,15-24,26-32,48H,2-3,14,25H2,1,4H3;2-4H,5H2,1H3;4*1-2H3/b29-15-,47-28?;;;;;. The summed E-state index contributed by atoms with van der Waals surface area (Å²) in [5, 5.41) is 3.28. The van der Waals surface area contributed by atoms with Crippen molar-refractivity contribution in [3.63, 3.8) is 0 Å². The number of anilines is 2. The van der Waals surface area contributed by atoms with Gasteiger partial charge in [-0.2, -0.15) is 0 Å². The van der Waals surface area contributed by atoms with Crippen LogP contribution in [0.5, 0.6) is 0 Å². The lowest BCUT2D eigenvalue weighted by Crippen LogP contribution is -2.34. The molecule has 0 saturated carbocycles. The largest absolute Gasteiger partial charge is 0.316 e. The summed E-state index contributed by atoms with van der Waals surface area (Å²) in [6.07, 6.45) is 17.7. The van der Waals surface area contributed by atoms with E-state index in [1.807, 2.05) is 104 Å². The van der Waals surface area contributed by atoms with Gasteiger partial charge in [-0.1, -0.05) is 183 Å². The number of aromatic nitrogens is 1. The van der Waals surface area contributed by atoms with Crippen molar-refractivity contribution in [2.45, 2.75) is 94.5 Å². The lowest BCUT2D eigenvalue weighted by Gasteiger charge is -2.27. The molecule has 65 heavy (non-hydrogen) atoms. The van der Waals surface area contributed by atoms with Gasteiger partial charge in [0.1, 0.15) is 0 Å². The van der Waals surface area contributed by atoms with E-state index in [1.165, 1.54) is 50.9 Å². The number of nitrogens with one attached hydrogen (secondary N) is 1. The summed E-state index contributed by atoms with van der Waals surface area (Å²) in [4.78, 5) is 6.88. The first-order valence-electron chi connectivity index (χ1n) is 23.8. The highest BCUT2D eigenvalue weighted by Crippen LogP contribution is 2.43. The van der Waals surface area contributed by atoms with Crippen LogP contribution >= 0.6 is 0 Å². The Morgan fingerprint density at radius 1 is 0.754 bits per heavy atom. The minimum absolute atomic E-state index is 0.0633. The van der Waals surface area contributed by atoms with Crippen molar-refractivity contribution >= 4 is 45.5 Å². The molecule has 3 aliphatic rings. The molecule has 0 amide bonds. The summed E-state index contributed by atoms with van der Waals surface area (Å²) in [5.74, 6) is 0. The minimum Gasteiger partial charge on any atom is -0.316 e. The van der Waals surface area contributed by atoms with Gasteiger partial charge in [0.15, 0.2) is 0 Å². The Morgan fingerprint density at radius 3 is 2.08 bits per heavy atom. The molecule has 338 valence electrons. The van der Waals surface area contributed by atoms with Gasteiger partial charge in [-0.05, 0) is 104 Å². The predicted molar refractivity (Wildman–Crippen MR) is 288 cm³/mol. The average molecular weight is 864 g/mol. The lowest BCUT2D eigenvalue weighted by molar-refractivity contribution is 0.302. The third-order valence-corrected chi connectivity index (χ3v) is 10.9. The zero-order chi connectivity index (χ0) is 47.3. The van der Waals surface area contributed by atoms with Gasteiger partial charge in [0, 0.05) is 59.1 Å². The molecule has 1 unspecified atom stereocenters. The number of hydrogen-bond donors (Lipinski definition) is 1. The molecule has 1 N–H and O–H groups in total. The fraction of sp³-hybridized carbons (Fsp3) is 0.250. The SMILES string of the molecule is C=C1N=C/C=C\N(c2ccccc2)c2ccc(C3=CCCc4c3c3ccccc3n4-c3cccc(C(C)NN(C)C(=C)c4ccccc4)c3)cc21.CC.CC.CC.CC.CC1=CC=CC1. The van der Waals surface area contributed by atoms with Crippen LogP contribution in [0, 0.1) is 0 Å². The van der Waals surface area contributed by atoms with Crippen LogP contribution in [0.1, 0.15) is 122 Å². The maximum absolute atomic E-state index is 4.67. The smallest absolute Gasteiger partial charge is 0.0651 e. The molecular formula is C60H73N5. The fourth-order valence-corrected chi connectivity index (χ4v) is 7.96. The van der Waals surface area contributed by atoms with E-state index in [2.05, 4.69) is 181 Å². The summed E-state index contributed by atoms with van der Waals surface area (Å²) in [6, 6.07) is 45.2. The van der Waals surface area contributed by atoms with E-state index in [0.717, 1.165) is 52.4 Å². The summed E-state index contributed by atoms with van der Waals surface area (Å²) in [5.41, 5.74) is 19.7. The quantitative estimate of drug-likeness (QED) is 0.155. The van der Waals surface area contributed by atoms with Gasteiger partial charge < -0.3 is 14.5 Å². The van der Waals surface area contributed by atoms with Gasteiger partial charge in [0.25, 0.3) is 0 Å². The van der Waals surface area contributed by atoms with Crippen LogP contribution in [0.3, 0.4) is 0 Å². The topological polar surface area (TPSA) is 35.8 Å². The number of allylic oxidation sites excluding steroid dienone is 6. The predicted octanol–water partition coefficient (Wildman–Crippen LogP) is 16.9. The summed E-state index contributed by atoms with van der Waals surface area (Å²) in [7, 11) is 2.03. The second-order valence-corrected chi connectivity index (χ2v) is 14.8. The van der Waals surface area contributed by atoms with Gasteiger partial charge in [0.05, 0.1) is 22.6 Å². The van der Waals surface area contributed by atoms with Gasteiger partial charge in [0.2, 0.25) is 0 Å². The molecule has 0 spiro atoms. The van der Waals surface area contributed by atoms with E-state index in [1.54, 1.807) is 0 Å². The van der Waals surface area contributed by atoms with Crippen molar-refractivity contribution in [3.05, 3.63) is 216 Å². The van der Waals surface area contributed by atoms with Gasteiger partial charge in [-0.25, -0.2) is 5.43 Å². The van der Waals surface area contributed by atoms with Crippen LogP contribution in [0.25, 0.3) is 33.6 Å². The Balaban J connectivity index is 0.000000586. The number of aliphatic imine (C=N–C) groups is 1. The normalized spacial score (nSPS) is 13.8. The van der Waals surface area contributed by atoms with Gasteiger partial charge in [-0.15, -0.1) is 0 Å². The summed E-state index contributed by atoms with van der Waals surface area (Å²) < 4.78 is 2.47. The number of rotatable bonds is 8. The van der Waals surface area contributed by atoms with E-state index in [4.69, 9.17) is 0 Å². The van der Waals surface area contributed by atoms with Crippen LogP contribution in [0.2, 0.25) is 0 Å². The zero-order valence-corrected chi connectivity index (χ0v) is 41.1. The third kappa shape index (κ3) is 12.3. The molecular weight excluding hydrogens is 791 g/mol. The number of hydrogen-bond acceptors (Lipinski definition) is 4. The monoisotopic (exact) mass is 864 g/mol. The van der Waals surface area contributed by atoms with Crippen molar-refractivity contribution in [2.24, 2.45) is 4.99 Å². The van der Waals surface area contributed by atoms with E-state index in [0.29, 0.717) is 0 Å². The van der Waals surface area contributed by atoms with Crippen LogP contribution in [0.15, 0.2) is 188 Å². The van der Waals surface area contributed by atoms with Gasteiger partial charge >= 0.3 is 0 Å². The third-order valence-electron chi connectivity index (χ3n) is 10.9. The highest BCUT2D eigenvalue weighted by molar-refractivity contribution is 6.01. The lowest BCUT2D eigenvalue weighted by atomic mass is 9.88. The highest BCUT2D eigenvalue weighted by atomic mass is 15.5. The molecule has 1 aromatic heterocycles. The van der Waals surface area contributed by atoms with Gasteiger partial charge in [-0.3, -0.25) is 4.99 Å². The van der Waals surface area contributed by atoms with Crippen molar-refractivity contribution in [2.75, 3.05) is 11.9 Å². The maximum Gasteiger partial charge on any atom is 0.0651 e. The molecule has 5 aromatic carbocycles. The van der Waals surface area contributed by atoms with E-state index in [9.17, 15) is 0 Å².